The van der Waals surface area contributed by atoms with E-state index in [1.807, 2.05) is 18.2 Å². The number of rotatable bonds is 10. The standard InChI is InChI=1S/C29H28Cl2N2O5S/c1-33(2)28(34)26-17-23(30)12-9-20(26)15-16-29(38-39(3,35)36,22-7-5-4-6-8-22)37-19-25-14-11-21-10-13-24(31)18-27(21)32-25/h4-14,17-18H,15-16,19H2,1-3H3. The molecule has 4 aromatic rings. The van der Waals surface area contributed by atoms with Gasteiger partial charge >= 0.3 is 0 Å². The third kappa shape index (κ3) is 7.35. The maximum Gasteiger partial charge on any atom is 0.267 e. The minimum atomic E-state index is -3.98. The van der Waals surface area contributed by atoms with Crippen LogP contribution in [0.15, 0.2) is 78.9 Å². The molecule has 0 fully saturated rings. The third-order valence-corrected chi connectivity index (χ3v) is 7.14. The van der Waals surface area contributed by atoms with Gasteiger partial charge in [-0.1, -0.05) is 71.7 Å². The van der Waals surface area contributed by atoms with E-state index in [2.05, 4.69) is 4.98 Å². The Morgan fingerprint density at radius 3 is 2.31 bits per heavy atom. The zero-order chi connectivity index (χ0) is 28.2. The second-order valence-electron chi connectivity index (χ2n) is 9.34. The van der Waals surface area contributed by atoms with Crippen molar-refractivity contribution in [2.45, 2.75) is 25.2 Å². The fourth-order valence-corrected chi connectivity index (χ4v) is 5.31. The molecule has 0 aliphatic carbocycles. The monoisotopic (exact) mass is 586 g/mol. The molecular formula is C29H28Cl2N2O5S. The Labute approximate surface area is 238 Å². The highest BCUT2D eigenvalue weighted by molar-refractivity contribution is 7.86. The minimum absolute atomic E-state index is 0.0447. The fraction of sp³-hybridized carbons (Fsp3) is 0.241. The van der Waals surface area contributed by atoms with Crippen molar-refractivity contribution in [3.63, 3.8) is 0 Å². The third-order valence-electron chi connectivity index (χ3n) is 6.10. The molecule has 0 aliphatic heterocycles. The minimum Gasteiger partial charge on any atom is -0.345 e. The summed E-state index contributed by atoms with van der Waals surface area (Å²) >= 11 is 12.3. The number of aryl methyl sites for hydroxylation is 1. The molecule has 1 unspecified atom stereocenters. The van der Waals surface area contributed by atoms with Gasteiger partial charge in [-0.2, -0.15) is 8.42 Å². The van der Waals surface area contributed by atoms with Gasteiger partial charge in [0.2, 0.25) is 5.79 Å². The normalized spacial score (nSPS) is 13.3. The number of ether oxygens (including phenoxy) is 1. The maximum atomic E-state index is 12.9. The van der Waals surface area contributed by atoms with Crippen LogP contribution in [-0.4, -0.2) is 44.6 Å². The van der Waals surface area contributed by atoms with Crippen LogP contribution in [0.4, 0.5) is 0 Å². The maximum absolute atomic E-state index is 12.9. The number of amides is 1. The molecule has 0 N–H and O–H groups in total. The van der Waals surface area contributed by atoms with E-state index in [-0.39, 0.29) is 25.4 Å². The van der Waals surface area contributed by atoms with Gasteiger partial charge in [-0.3, -0.25) is 9.78 Å². The van der Waals surface area contributed by atoms with Crippen LogP contribution < -0.4 is 0 Å². The van der Waals surface area contributed by atoms with E-state index in [0.717, 1.165) is 11.6 Å². The molecule has 0 bridgehead atoms. The zero-order valence-electron chi connectivity index (χ0n) is 21.7. The highest BCUT2D eigenvalue weighted by atomic mass is 35.5. The molecule has 1 aromatic heterocycles. The van der Waals surface area contributed by atoms with E-state index >= 15 is 0 Å². The van der Waals surface area contributed by atoms with Crippen LogP contribution in [0, 0.1) is 0 Å². The van der Waals surface area contributed by atoms with E-state index in [9.17, 15) is 13.2 Å². The molecule has 204 valence electrons. The lowest BCUT2D eigenvalue weighted by Crippen LogP contribution is -2.36. The highest BCUT2D eigenvalue weighted by Gasteiger charge is 2.39. The van der Waals surface area contributed by atoms with Crippen LogP contribution >= 0.6 is 23.2 Å². The summed E-state index contributed by atoms with van der Waals surface area (Å²) in [5, 5.41) is 1.88. The van der Waals surface area contributed by atoms with Gasteiger partial charge in [-0.15, -0.1) is 0 Å². The number of fused-ring (bicyclic) bond motifs is 1. The summed E-state index contributed by atoms with van der Waals surface area (Å²) in [4.78, 5) is 19.0. The first-order valence-corrected chi connectivity index (χ1v) is 14.7. The number of carbonyl (C=O) groups excluding carboxylic acids is 1. The average molecular weight is 588 g/mol. The number of carbonyl (C=O) groups is 1. The summed E-state index contributed by atoms with van der Waals surface area (Å²) in [7, 11) is -0.677. The van der Waals surface area contributed by atoms with E-state index in [4.69, 9.17) is 32.1 Å². The number of aromatic nitrogens is 1. The predicted molar refractivity (Wildman–Crippen MR) is 153 cm³/mol. The number of nitrogens with zero attached hydrogens (tertiary/aromatic N) is 2. The first-order chi connectivity index (χ1) is 18.5. The van der Waals surface area contributed by atoms with Crippen molar-refractivity contribution in [3.8, 4) is 0 Å². The number of hydrogen-bond acceptors (Lipinski definition) is 6. The Balaban J connectivity index is 1.73. The molecule has 0 saturated carbocycles. The summed E-state index contributed by atoms with van der Waals surface area (Å²) in [6.07, 6.45) is 1.32. The summed E-state index contributed by atoms with van der Waals surface area (Å²) < 4.78 is 37.2. The van der Waals surface area contributed by atoms with Crippen molar-refractivity contribution in [2.24, 2.45) is 0 Å². The lowest BCUT2D eigenvalue weighted by atomic mass is 9.95. The molecule has 1 atom stereocenters. The van der Waals surface area contributed by atoms with Gasteiger partial charge in [0.05, 0.1) is 24.1 Å². The van der Waals surface area contributed by atoms with Gasteiger partial charge in [0.25, 0.3) is 16.0 Å². The average Bonchev–Trinajstić information content (AvgIpc) is 2.89. The molecule has 1 amide bonds. The van der Waals surface area contributed by atoms with Crippen molar-refractivity contribution >= 4 is 50.1 Å². The molecule has 0 radical (unpaired) electrons. The van der Waals surface area contributed by atoms with Gasteiger partial charge in [0, 0.05) is 47.1 Å². The second kappa shape index (κ2) is 12.0. The quantitative estimate of drug-likeness (QED) is 0.162. The van der Waals surface area contributed by atoms with Gasteiger partial charge in [-0.25, -0.2) is 4.18 Å². The highest BCUT2D eigenvalue weighted by Crippen LogP contribution is 2.36. The van der Waals surface area contributed by atoms with Crippen LogP contribution in [-0.2, 0) is 37.9 Å². The second-order valence-corrected chi connectivity index (χ2v) is 11.8. The fourth-order valence-electron chi connectivity index (χ4n) is 4.26. The summed E-state index contributed by atoms with van der Waals surface area (Å²) in [5.74, 6) is -1.92. The summed E-state index contributed by atoms with van der Waals surface area (Å²) in [6, 6.07) is 23.0. The largest absolute Gasteiger partial charge is 0.345 e. The number of pyridine rings is 1. The lowest BCUT2D eigenvalue weighted by molar-refractivity contribution is -0.202. The van der Waals surface area contributed by atoms with Crippen LogP contribution in [0.3, 0.4) is 0 Å². The first-order valence-electron chi connectivity index (χ1n) is 12.1. The van der Waals surface area contributed by atoms with Gasteiger partial charge < -0.3 is 9.64 Å². The summed E-state index contributed by atoms with van der Waals surface area (Å²) in [6.45, 7) is -0.0447. The Morgan fingerprint density at radius 2 is 1.62 bits per heavy atom. The summed E-state index contributed by atoms with van der Waals surface area (Å²) in [5.41, 5.74) is 2.86. The van der Waals surface area contributed by atoms with Crippen LogP contribution in [0.5, 0.6) is 0 Å². The Kier molecular flexibility index (Phi) is 8.93. The van der Waals surface area contributed by atoms with Crippen LogP contribution in [0.25, 0.3) is 10.9 Å². The molecule has 10 heteroatoms. The number of halogens is 2. The topological polar surface area (TPSA) is 85.8 Å². The van der Waals surface area contributed by atoms with Crippen molar-refractivity contribution in [1.29, 1.82) is 0 Å². The Morgan fingerprint density at radius 1 is 0.949 bits per heavy atom. The van der Waals surface area contributed by atoms with Crippen LogP contribution in [0.1, 0.15) is 33.6 Å². The zero-order valence-corrected chi connectivity index (χ0v) is 24.1. The van der Waals surface area contributed by atoms with Gasteiger partial charge in [0.1, 0.15) is 0 Å². The molecule has 39 heavy (non-hydrogen) atoms. The van der Waals surface area contributed by atoms with E-state index in [1.165, 1.54) is 4.90 Å². The van der Waals surface area contributed by atoms with Crippen molar-refractivity contribution < 1.29 is 22.1 Å². The van der Waals surface area contributed by atoms with Crippen LogP contribution in [0.2, 0.25) is 10.0 Å². The van der Waals surface area contributed by atoms with Gasteiger partial charge in [0.15, 0.2) is 0 Å². The van der Waals surface area contributed by atoms with E-state index < -0.39 is 15.9 Å². The van der Waals surface area contributed by atoms with Crippen molar-refractivity contribution in [2.75, 3.05) is 20.4 Å². The Hall–Kier alpha value is -3.01. The molecule has 1 heterocycles. The van der Waals surface area contributed by atoms with Crippen molar-refractivity contribution in [3.05, 3.63) is 111 Å². The molecule has 4 rings (SSSR count). The molecule has 3 aromatic carbocycles. The lowest BCUT2D eigenvalue weighted by Gasteiger charge is -2.33. The number of benzene rings is 3. The molecular weight excluding hydrogens is 559 g/mol. The first kappa shape index (κ1) is 29.0. The van der Waals surface area contributed by atoms with Gasteiger partial charge in [-0.05, 0) is 42.3 Å². The molecule has 7 nitrogen and oxygen atoms in total. The van der Waals surface area contributed by atoms with E-state index in [1.54, 1.807) is 74.8 Å². The molecule has 0 spiro atoms. The Bertz CT molecular complexity index is 1600. The number of hydrogen-bond donors (Lipinski definition) is 0. The van der Waals surface area contributed by atoms with Crippen molar-refractivity contribution in [1.82, 2.24) is 9.88 Å². The SMILES string of the molecule is CN(C)C(=O)c1cc(Cl)ccc1CCC(OCc1ccc2ccc(Cl)cc2n1)(OS(C)(=O)=O)c1ccccc1. The predicted octanol–water partition coefficient (Wildman–Crippen LogP) is 6.22. The molecule has 0 saturated heterocycles. The smallest absolute Gasteiger partial charge is 0.267 e. The molecule has 0 aliphatic rings. The van der Waals surface area contributed by atoms with E-state index in [0.29, 0.717) is 37.9 Å².